The number of carbonyl (C=O) groups is 2. The van der Waals surface area contributed by atoms with Gasteiger partial charge in [0.2, 0.25) is 5.91 Å². The summed E-state index contributed by atoms with van der Waals surface area (Å²) in [7, 11) is 0. The second-order valence-corrected chi connectivity index (χ2v) is 1.74. The van der Waals surface area contributed by atoms with Crippen LogP contribution < -0.4 is 5.32 Å². The zero-order chi connectivity index (χ0) is 8.69. The van der Waals surface area contributed by atoms with E-state index in [9.17, 15) is 9.59 Å². The molecule has 0 saturated carbocycles. The number of nitrogens with one attached hydrogen (secondary N) is 1. The van der Waals surface area contributed by atoms with E-state index < -0.39 is 12.0 Å². The molecule has 0 spiro atoms. The van der Waals surface area contributed by atoms with E-state index in [1.165, 1.54) is 0 Å². The monoisotopic (exact) mass is 161 g/mol. The quantitative estimate of drug-likeness (QED) is 0.592. The highest BCUT2D eigenvalue weighted by molar-refractivity contribution is 5.91. The number of rotatable bonds is 3. The molecule has 0 heterocycles. The van der Waals surface area contributed by atoms with Crippen molar-refractivity contribution in [1.82, 2.24) is 5.32 Å². The van der Waals surface area contributed by atoms with Crippen LogP contribution in [0.15, 0.2) is 0 Å². The first-order valence-electron chi connectivity index (χ1n) is 3.28. The van der Waals surface area contributed by atoms with E-state index in [-0.39, 0.29) is 19.6 Å². The van der Waals surface area contributed by atoms with Crippen LogP contribution in [0.5, 0.6) is 0 Å². The summed E-state index contributed by atoms with van der Waals surface area (Å²) in [6, 6.07) is 0. The van der Waals surface area contributed by atoms with Gasteiger partial charge in [-0.1, -0.05) is 0 Å². The van der Waals surface area contributed by atoms with E-state index in [4.69, 9.17) is 5.11 Å². The predicted octanol–water partition coefficient (Wildman–Crippen LogP) is -0.358. The van der Waals surface area contributed by atoms with E-state index in [1.807, 2.05) is 5.32 Å². The Morgan fingerprint density at radius 1 is 1.55 bits per heavy atom. The van der Waals surface area contributed by atoms with Crippen molar-refractivity contribution < 1.29 is 19.4 Å². The van der Waals surface area contributed by atoms with Gasteiger partial charge < -0.3 is 9.84 Å². The standard InChI is InChI=1S/C6H11NO4/c1-2-11-6(10)7-5(9)3-4-8/h8H,2-4H2,1H3,(H,7,9,10). The van der Waals surface area contributed by atoms with Crippen molar-refractivity contribution in [2.75, 3.05) is 13.2 Å². The summed E-state index contributed by atoms with van der Waals surface area (Å²) in [4.78, 5) is 21.0. The van der Waals surface area contributed by atoms with Crippen molar-refractivity contribution in [3.05, 3.63) is 0 Å². The zero-order valence-corrected chi connectivity index (χ0v) is 6.29. The zero-order valence-electron chi connectivity index (χ0n) is 6.29. The normalized spacial score (nSPS) is 8.91. The first-order valence-corrected chi connectivity index (χ1v) is 3.28. The molecule has 11 heavy (non-hydrogen) atoms. The number of aliphatic hydroxyl groups is 1. The average Bonchev–Trinajstić information content (AvgIpc) is 1.87. The van der Waals surface area contributed by atoms with E-state index in [2.05, 4.69) is 4.74 Å². The van der Waals surface area contributed by atoms with Crippen molar-refractivity contribution >= 4 is 12.0 Å². The van der Waals surface area contributed by atoms with E-state index >= 15 is 0 Å². The minimum Gasteiger partial charge on any atom is -0.450 e. The molecule has 0 radical (unpaired) electrons. The van der Waals surface area contributed by atoms with Gasteiger partial charge in [-0.15, -0.1) is 0 Å². The second kappa shape index (κ2) is 5.67. The lowest BCUT2D eigenvalue weighted by atomic mass is 10.4. The van der Waals surface area contributed by atoms with Crippen LogP contribution in [0.3, 0.4) is 0 Å². The molecule has 5 nitrogen and oxygen atoms in total. The van der Waals surface area contributed by atoms with Gasteiger partial charge in [0.15, 0.2) is 0 Å². The van der Waals surface area contributed by atoms with Gasteiger partial charge in [-0.2, -0.15) is 0 Å². The molecule has 0 unspecified atom stereocenters. The first-order chi connectivity index (χ1) is 5.20. The van der Waals surface area contributed by atoms with Crippen LogP contribution in [0, 0.1) is 0 Å². The molecular formula is C6H11NO4. The van der Waals surface area contributed by atoms with Gasteiger partial charge >= 0.3 is 6.09 Å². The van der Waals surface area contributed by atoms with Crippen molar-refractivity contribution in [3.8, 4) is 0 Å². The fourth-order valence-corrected chi connectivity index (χ4v) is 0.445. The fraction of sp³-hybridized carbons (Fsp3) is 0.667. The average molecular weight is 161 g/mol. The third-order valence-corrected chi connectivity index (χ3v) is 0.856. The molecule has 0 fully saturated rings. The number of hydrogen-bond acceptors (Lipinski definition) is 4. The first kappa shape index (κ1) is 9.90. The third-order valence-electron chi connectivity index (χ3n) is 0.856. The highest BCUT2D eigenvalue weighted by Gasteiger charge is 2.05. The number of carbonyl (C=O) groups excluding carboxylic acids is 2. The molecule has 0 aliphatic carbocycles. The molecule has 0 rings (SSSR count). The maximum Gasteiger partial charge on any atom is 0.413 e. The Labute approximate surface area is 64.3 Å². The van der Waals surface area contributed by atoms with E-state index in [1.54, 1.807) is 6.92 Å². The Bertz CT molecular complexity index is 130. The van der Waals surface area contributed by atoms with E-state index in [0.29, 0.717) is 0 Å². The molecule has 2 N–H and O–H groups in total. The molecule has 0 aromatic heterocycles. The number of amides is 2. The highest BCUT2D eigenvalue weighted by atomic mass is 16.5. The van der Waals surface area contributed by atoms with Crippen LogP contribution in [-0.4, -0.2) is 30.3 Å². The summed E-state index contributed by atoms with van der Waals surface area (Å²) in [5.41, 5.74) is 0. The smallest absolute Gasteiger partial charge is 0.413 e. The number of hydrogen-bond donors (Lipinski definition) is 2. The summed E-state index contributed by atoms with van der Waals surface area (Å²) in [6.45, 7) is 1.58. The Balaban J connectivity index is 3.49. The summed E-state index contributed by atoms with van der Waals surface area (Å²) in [5.74, 6) is -0.536. The lowest BCUT2D eigenvalue weighted by Gasteiger charge is -2.01. The summed E-state index contributed by atoms with van der Waals surface area (Å²) < 4.78 is 4.41. The maximum absolute atomic E-state index is 10.6. The predicted molar refractivity (Wildman–Crippen MR) is 36.9 cm³/mol. The molecule has 0 aromatic carbocycles. The van der Waals surface area contributed by atoms with Crippen LogP contribution in [-0.2, 0) is 9.53 Å². The topological polar surface area (TPSA) is 75.6 Å². The van der Waals surface area contributed by atoms with Gasteiger partial charge in [-0.3, -0.25) is 10.1 Å². The molecule has 5 heteroatoms. The number of alkyl carbamates (subject to hydrolysis) is 1. The van der Waals surface area contributed by atoms with Crippen molar-refractivity contribution in [3.63, 3.8) is 0 Å². The van der Waals surface area contributed by atoms with Gasteiger partial charge in [0.05, 0.1) is 19.6 Å². The molecule has 2 amide bonds. The van der Waals surface area contributed by atoms with Crippen LogP contribution in [0.2, 0.25) is 0 Å². The lowest BCUT2D eigenvalue weighted by Crippen LogP contribution is -2.31. The SMILES string of the molecule is CCOC(=O)NC(=O)CCO. The van der Waals surface area contributed by atoms with Crippen LogP contribution in [0.4, 0.5) is 4.79 Å². The molecule has 0 aliphatic rings. The minimum atomic E-state index is -0.772. The largest absolute Gasteiger partial charge is 0.450 e. The molecule has 0 atom stereocenters. The fourth-order valence-electron chi connectivity index (χ4n) is 0.445. The molecule has 64 valence electrons. The minimum absolute atomic E-state index is 0.0845. The Hall–Kier alpha value is -1.10. The van der Waals surface area contributed by atoms with Gasteiger partial charge in [-0.05, 0) is 6.92 Å². The molecule has 0 aromatic rings. The number of imide groups is 1. The highest BCUT2D eigenvalue weighted by Crippen LogP contribution is 1.80. The maximum atomic E-state index is 10.6. The van der Waals surface area contributed by atoms with Gasteiger partial charge in [0.1, 0.15) is 0 Å². The Morgan fingerprint density at radius 3 is 2.64 bits per heavy atom. The van der Waals surface area contributed by atoms with Crippen molar-refractivity contribution in [1.29, 1.82) is 0 Å². The molecule has 0 aliphatic heterocycles. The van der Waals surface area contributed by atoms with Crippen LogP contribution in [0.25, 0.3) is 0 Å². The number of ether oxygens (including phenoxy) is 1. The van der Waals surface area contributed by atoms with Gasteiger partial charge in [0.25, 0.3) is 0 Å². The van der Waals surface area contributed by atoms with Crippen LogP contribution >= 0.6 is 0 Å². The summed E-state index contributed by atoms with van der Waals surface area (Å²) >= 11 is 0. The van der Waals surface area contributed by atoms with Crippen molar-refractivity contribution in [2.24, 2.45) is 0 Å². The van der Waals surface area contributed by atoms with Gasteiger partial charge in [0, 0.05) is 0 Å². The second-order valence-electron chi connectivity index (χ2n) is 1.74. The van der Waals surface area contributed by atoms with Crippen LogP contribution in [0.1, 0.15) is 13.3 Å². The number of aliphatic hydroxyl groups excluding tert-OH is 1. The Morgan fingerprint density at radius 2 is 2.18 bits per heavy atom. The summed E-state index contributed by atoms with van der Waals surface area (Å²) in [6.07, 6.45) is -0.857. The van der Waals surface area contributed by atoms with E-state index in [0.717, 1.165) is 0 Å². The molecular weight excluding hydrogens is 150 g/mol. The lowest BCUT2D eigenvalue weighted by molar-refractivity contribution is -0.121. The molecule has 0 saturated heterocycles. The molecule has 0 bridgehead atoms. The summed E-state index contributed by atoms with van der Waals surface area (Å²) in [5, 5.41) is 10.2. The van der Waals surface area contributed by atoms with Crippen molar-refractivity contribution in [2.45, 2.75) is 13.3 Å². The Kier molecular flexibility index (Phi) is 5.10. The third kappa shape index (κ3) is 5.35. The van der Waals surface area contributed by atoms with Gasteiger partial charge in [-0.25, -0.2) is 4.79 Å².